The van der Waals surface area contributed by atoms with Crippen molar-refractivity contribution in [3.05, 3.63) is 0 Å². The fourth-order valence-electron chi connectivity index (χ4n) is 1.71. The van der Waals surface area contributed by atoms with E-state index in [1.807, 2.05) is 6.92 Å². The third-order valence-corrected chi connectivity index (χ3v) is 2.57. The number of hydrogen-bond donors (Lipinski definition) is 0. The number of piperazine rings is 1. The summed E-state index contributed by atoms with van der Waals surface area (Å²) in [6, 6.07) is 2.07. The summed E-state index contributed by atoms with van der Waals surface area (Å²) in [5.74, 6) is -0.309. The summed E-state index contributed by atoms with van der Waals surface area (Å²) >= 11 is 0. The molecule has 1 heterocycles. The second-order valence-corrected chi connectivity index (χ2v) is 4.12. The van der Waals surface area contributed by atoms with Gasteiger partial charge < -0.3 is 9.80 Å². The highest BCUT2D eigenvalue weighted by atomic mass is 16.2. The van der Waals surface area contributed by atoms with E-state index in [0.29, 0.717) is 13.1 Å². The van der Waals surface area contributed by atoms with Crippen molar-refractivity contribution in [1.29, 1.82) is 5.26 Å². The predicted molar refractivity (Wildman–Crippen MR) is 58.2 cm³/mol. The van der Waals surface area contributed by atoms with Gasteiger partial charge in [0.15, 0.2) is 0 Å². The Balaban J connectivity index is 2.57. The quantitative estimate of drug-likeness (QED) is 0.685. The van der Waals surface area contributed by atoms with Crippen LogP contribution in [-0.2, 0) is 9.59 Å². The fourth-order valence-corrected chi connectivity index (χ4v) is 1.71. The van der Waals surface area contributed by atoms with Crippen LogP contribution in [0.15, 0.2) is 0 Å². The summed E-state index contributed by atoms with van der Waals surface area (Å²) in [5, 5.41) is 8.67. The Labute approximate surface area is 95.6 Å². The van der Waals surface area contributed by atoms with Gasteiger partial charge >= 0.3 is 0 Å². The maximum Gasteiger partial charge on any atom is 0.242 e. The zero-order valence-corrected chi connectivity index (χ0v) is 9.77. The van der Waals surface area contributed by atoms with Gasteiger partial charge in [0, 0.05) is 13.1 Å². The van der Waals surface area contributed by atoms with Crippen LogP contribution in [0.3, 0.4) is 0 Å². The molecule has 1 unspecified atom stereocenters. The van der Waals surface area contributed by atoms with E-state index in [1.54, 1.807) is 11.8 Å². The average Bonchev–Trinajstić information content (AvgIpc) is 2.25. The highest BCUT2D eigenvalue weighted by Gasteiger charge is 2.29. The molecule has 0 aliphatic carbocycles. The van der Waals surface area contributed by atoms with Gasteiger partial charge in [-0.05, 0) is 13.3 Å². The number of carbonyl (C=O) groups excluding carboxylic acids is 2. The summed E-state index contributed by atoms with van der Waals surface area (Å²) in [5.41, 5.74) is 0. The van der Waals surface area contributed by atoms with E-state index in [2.05, 4.69) is 6.07 Å². The third kappa shape index (κ3) is 2.96. The summed E-state index contributed by atoms with van der Waals surface area (Å²) in [7, 11) is 0. The summed E-state index contributed by atoms with van der Waals surface area (Å²) in [6.45, 7) is 4.97. The van der Waals surface area contributed by atoms with Crippen molar-refractivity contribution < 1.29 is 9.59 Å². The molecule has 1 rings (SSSR count). The Bertz CT molecular complexity index is 322. The first-order chi connectivity index (χ1) is 7.58. The molecular weight excluding hydrogens is 206 g/mol. The van der Waals surface area contributed by atoms with E-state index in [0.717, 1.165) is 6.42 Å². The van der Waals surface area contributed by atoms with Gasteiger partial charge in [-0.25, -0.2) is 0 Å². The topological polar surface area (TPSA) is 64.4 Å². The van der Waals surface area contributed by atoms with Gasteiger partial charge in [0.25, 0.3) is 0 Å². The lowest BCUT2D eigenvalue weighted by molar-refractivity contribution is -0.150. The van der Waals surface area contributed by atoms with Crippen molar-refractivity contribution >= 4 is 11.8 Å². The first kappa shape index (κ1) is 12.5. The maximum atomic E-state index is 11.7. The lowest BCUT2D eigenvalue weighted by Gasteiger charge is -2.34. The Morgan fingerprint density at radius 1 is 1.31 bits per heavy atom. The molecule has 2 amide bonds. The zero-order valence-electron chi connectivity index (χ0n) is 9.77. The minimum absolute atomic E-state index is 0.0217. The number of amides is 2. The first-order valence-corrected chi connectivity index (χ1v) is 5.53. The molecule has 0 saturated carbocycles. The standard InChI is InChI=1S/C11H17N3O2/c1-3-4-13-7-11(16)14(8-10(13)15)6-9(2)5-12/h9H,3-4,6-8H2,1-2H3. The van der Waals surface area contributed by atoms with Gasteiger partial charge in [-0.2, -0.15) is 5.26 Å². The van der Waals surface area contributed by atoms with Gasteiger partial charge in [-0.15, -0.1) is 0 Å². The highest BCUT2D eigenvalue weighted by Crippen LogP contribution is 2.08. The fraction of sp³-hybridized carbons (Fsp3) is 0.727. The van der Waals surface area contributed by atoms with Crippen LogP contribution >= 0.6 is 0 Å². The van der Waals surface area contributed by atoms with E-state index >= 15 is 0 Å². The van der Waals surface area contributed by atoms with Crippen molar-refractivity contribution in [2.24, 2.45) is 5.92 Å². The zero-order chi connectivity index (χ0) is 12.1. The third-order valence-electron chi connectivity index (χ3n) is 2.57. The predicted octanol–water partition coefficient (Wildman–Crippen LogP) is 0.227. The Morgan fingerprint density at radius 2 is 1.88 bits per heavy atom. The Morgan fingerprint density at radius 3 is 2.44 bits per heavy atom. The minimum Gasteiger partial charge on any atom is -0.332 e. The van der Waals surface area contributed by atoms with E-state index in [4.69, 9.17) is 5.26 Å². The lowest BCUT2D eigenvalue weighted by Crippen LogP contribution is -2.54. The molecule has 1 saturated heterocycles. The van der Waals surface area contributed by atoms with E-state index < -0.39 is 0 Å². The Hall–Kier alpha value is -1.57. The van der Waals surface area contributed by atoms with E-state index in [1.165, 1.54) is 4.90 Å². The van der Waals surface area contributed by atoms with E-state index in [9.17, 15) is 9.59 Å². The molecule has 88 valence electrons. The molecule has 0 aromatic rings. The summed E-state index contributed by atoms with van der Waals surface area (Å²) in [4.78, 5) is 26.4. The maximum absolute atomic E-state index is 11.7. The van der Waals surface area contributed by atoms with Gasteiger partial charge in [0.05, 0.1) is 25.1 Å². The lowest BCUT2D eigenvalue weighted by atomic mass is 10.1. The molecule has 0 spiro atoms. The van der Waals surface area contributed by atoms with Crippen molar-refractivity contribution in [3.63, 3.8) is 0 Å². The molecule has 1 fully saturated rings. The molecule has 0 aromatic heterocycles. The number of nitriles is 1. The van der Waals surface area contributed by atoms with Crippen molar-refractivity contribution in [2.45, 2.75) is 20.3 Å². The second kappa shape index (κ2) is 5.50. The largest absolute Gasteiger partial charge is 0.332 e. The normalized spacial score (nSPS) is 18.6. The van der Waals surface area contributed by atoms with Gasteiger partial charge in [0.2, 0.25) is 11.8 Å². The number of rotatable bonds is 4. The number of carbonyl (C=O) groups is 2. The molecule has 1 atom stereocenters. The first-order valence-electron chi connectivity index (χ1n) is 5.53. The monoisotopic (exact) mass is 223 g/mol. The van der Waals surface area contributed by atoms with E-state index in [-0.39, 0.29) is 30.8 Å². The van der Waals surface area contributed by atoms with Crippen LogP contribution in [0.1, 0.15) is 20.3 Å². The van der Waals surface area contributed by atoms with Crippen LogP contribution in [0.4, 0.5) is 0 Å². The van der Waals surface area contributed by atoms with Crippen LogP contribution < -0.4 is 0 Å². The molecular formula is C11H17N3O2. The summed E-state index contributed by atoms with van der Waals surface area (Å²) < 4.78 is 0. The molecule has 5 nitrogen and oxygen atoms in total. The molecule has 16 heavy (non-hydrogen) atoms. The highest BCUT2D eigenvalue weighted by molar-refractivity contribution is 5.92. The van der Waals surface area contributed by atoms with Crippen LogP contribution in [0, 0.1) is 17.2 Å². The minimum atomic E-state index is -0.227. The van der Waals surface area contributed by atoms with Crippen molar-refractivity contribution in [2.75, 3.05) is 26.2 Å². The molecule has 1 aliphatic rings. The van der Waals surface area contributed by atoms with Gasteiger partial charge in [-0.1, -0.05) is 6.92 Å². The second-order valence-electron chi connectivity index (χ2n) is 4.12. The van der Waals surface area contributed by atoms with Crippen LogP contribution in [0.2, 0.25) is 0 Å². The molecule has 1 aliphatic heterocycles. The molecule has 0 N–H and O–H groups in total. The van der Waals surface area contributed by atoms with Gasteiger partial charge in [0.1, 0.15) is 0 Å². The number of hydrogen-bond acceptors (Lipinski definition) is 3. The SMILES string of the molecule is CCCN1CC(=O)N(CC(C)C#N)CC1=O. The Kier molecular flexibility index (Phi) is 4.29. The van der Waals surface area contributed by atoms with Crippen LogP contribution in [0.5, 0.6) is 0 Å². The molecule has 0 bridgehead atoms. The van der Waals surface area contributed by atoms with Crippen molar-refractivity contribution in [1.82, 2.24) is 9.80 Å². The molecule has 0 aromatic carbocycles. The van der Waals surface area contributed by atoms with Crippen molar-refractivity contribution in [3.8, 4) is 6.07 Å². The average molecular weight is 223 g/mol. The molecule has 0 radical (unpaired) electrons. The van der Waals surface area contributed by atoms with Crippen LogP contribution in [0.25, 0.3) is 0 Å². The smallest absolute Gasteiger partial charge is 0.242 e. The van der Waals surface area contributed by atoms with Crippen LogP contribution in [-0.4, -0.2) is 47.8 Å². The molecule has 5 heteroatoms. The summed E-state index contributed by atoms with van der Waals surface area (Å²) in [6.07, 6.45) is 0.855. The number of nitrogens with zero attached hydrogens (tertiary/aromatic N) is 3. The van der Waals surface area contributed by atoms with Gasteiger partial charge in [-0.3, -0.25) is 9.59 Å².